The Balaban J connectivity index is 1.51. The monoisotopic (exact) mass is 352 g/mol. The third-order valence-corrected chi connectivity index (χ3v) is 5.19. The fourth-order valence-corrected chi connectivity index (χ4v) is 3.88. The van der Waals surface area contributed by atoms with E-state index in [-0.39, 0.29) is 5.91 Å². The number of fused-ring (bicyclic) bond motifs is 3. The summed E-state index contributed by atoms with van der Waals surface area (Å²) in [5.41, 5.74) is 4.83. The molecule has 3 nitrogen and oxygen atoms in total. The summed E-state index contributed by atoms with van der Waals surface area (Å²) in [7, 11) is 0. The predicted molar refractivity (Wildman–Crippen MR) is 102 cm³/mol. The normalized spacial score (nSPS) is 14.0. The second-order valence-corrected chi connectivity index (χ2v) is 7.01. The summed E-state index contributed by atoms with van der Waals surface area (Å²) in [6, 6.07) is 16.2. The molecule has 4 rings (SSSR count). The molecule has 128 valence electrons. The maximum atomic E-state index is 12.4. The van der Waals surface area contributed by atoms with Gasteiger partial charge in [0.2, 0.25) is 5.91 Å². The summed E-state index contributed by atoms with van der Waals surface area (Å²) in [4.78, 5) is 12.4. The quantitative estimate of drug-likeness (QED) is 0.681. The van der Waals surface area contributed by atoms with E-state index in [0.29, 0.717) is 6.42 Å². The Morgan fingerprint density at radius 1 is 1.04 bits per heavy atom. The number of halogens is 1. The molecular weight excluding hydrogens is 332 g/mol. The molecule has 1 aliphatic rings. The molecular formula is C21H21ClN2O. The molecule has 0 atom stereocenters. The Kier molecular flexibility index (Phi) is 4.60. The topological polar surface area (TPSA) is 34.0 Å². The van der Waals surface area contributed by atoms with Crippen LogP contribution in [0.4, 0.5) is 0 Å². The van der Waals surface area contributed by atoms with Crippen LogP contribution in [-0.4, -0.2) is 17.0 Å². The van der Waals surface area contributed by atoms with Crippen molar-refractivity contribution in [2.24, 2.45) is 0 Å². The average molecular weight is 353 g/mol. The number of hydrogen-bond acceptors (Lipinski definition) is 2. The molecule has 1 N–H and O–H groups in total. The van der Waals surface area contributed by atoms with Gasteiger partial charge in [-0.1, -0.05) is 41.9 Å². The molecule has 1 aliphatic heterocycles. The molecule has 0 fully saturated rings. The summed E-state index contributed by atoms with van der Waals surface area (Å²) in [6.07, 6.45) is 3.54. The lowest BCUT2D eigenvalue weighted by atomic mass is 10.0. The molecule has 0 saturated heterocycles. The van der Waals surface area contributed by atoms with Crippen LogP contribution in [0.1, 0.15) is 34.5 Å². The number of para-hydroxylation sites is 1. The lowest BCUT2D eigenvalue weighted by Gasteiger charge is -2.16. The molecule has 2 heterocycles. The first-order valence-corrected chi connectivity index (χ1v) is 9.21. The highest BCUT2D eigenvalue weighted by Gasteiger charge is 2.23. The Bertz CT molecular complexity index is 912. The molecule has 0 unspecified atom stereocenters. The van der Waals surface area contributed by atoms with Crippen molar-refractivity contribution >= 4 is 28.4 Å². The fraction of sp³-hybridized carbons (Fsp3) is 0.286. The number of nitrogens with zero attached hydrogens (tertiary/aromatic N) is 1. The highest BCUT2D eigenvalue weighted by Crippen LogP contribution is 2.30. The van der Waals surface area contributed by atoms with Crippen molar-refractivity contribution in [1.82, 2.24) is 9.88 Å². The Morgan fingerprint density at radius 3 is 2.68 bits per heavy atom. The number of benzene rings is 2. The zero-order chi connectivity index (χ0) is 17.2. The number of nitrogens with one attached hydrogen (secondary N) is 1. The van der Waals surface area contributed by atoms with Gasteiger partial charge in [0.15, 0.2) is 0 Å². The maximum Gasteiger partial charge on any atom is 0.231 e. The summed E-state index contributed by atoms with van der Waals surface area (Å²) in [5, 5.41) is 5.49. The van der Waals surface area contributed by atoms with Gasteiger partial charge in [0.1, 0.15) is 0 Å². The van der Waals surface area contributed by atoms with Crippen molar-refractivity contribution in [2.45, 2.75) is 32.2 Å². The van der Waals surface area contributed by atoms with Crippen LogP contribution in [-0.2, 0) is 19.4 Å². The molecule has 0 saturated carbocycles. The van der Waals surface area contributed by atoms with Crippen LogP contribution in [0.2, 0.25) is 5.02 Å². The maximum absolute atomic E-state index is 12.4. The van der Waals surface area contributed by atoms with Gasteiger partial charge in [-0.25, -0.2) is 0 Å². The van der Waals surface area contributed by atoms with E-state index in [1.165, 1.54) is 22.2 Å². The van der Waals surface area contributed by atoms with E-state index in [0.717, 1.165) is 42.9 Å². The van der Waals surface area contributed by atoms with E-state index in [2.05, 4.69) is 23.5 Å². The minimum atomic E-state index is 0.234. The van der Waals surface area contributed by atoms with Gasteiger partial charge in [-0.2, -0.15) is 0 Å². The van der Waals surface area contributed by atoms with Gasteiger partial charge < -0.3 is 5.32 Å². The van der Waals surface area contributed by atoms with Crippen molar-refractivity contribution in [3.8, 4) is 0 Å². The minimum Gasteiger partial charge on any atom is -0.312 e. The molecule has 0 radical (unpaired) electrons. The van der Waals surface area contributed by atoms with Crippen LogP contribution in [0, 0.1) is 0 Å². The summed E-state index contributed by atoms with van der Waals surface area (Å²) in [5.74, 6) is 0.234. The zero-order valence-corrected chi connectivity index (χ0v) is 14.9. The first kappa shape index (κ1) is 16.4. The molecule has 1 aromatic heterocycles. The molecule has 2 aromatic carbocycles. The van der Waals surface area contributed by atoms with Crippen molar-refractivity contribution < 1.29 is 4.79 Å². The van der Waals surface area contributed by atoms with Gasteiger partial charge >= 0.3 is 0 Å². The van der Waals surface area contributed by atoms with Crippen LogP contribution in [0.5, 0.6) is 0 Å². The van der Waals surface area contributed by atoms with Gasteiger partial charge in [-0.3, -0.25) is 9.36 Å². The van der Waals surface area contributed by atoms with E-state index in [9.17, 15) is 4.79 Å². The van der Waals surface area contributed by atoms with E-state index >= 15 is 0 Å². The Labute approximate surface area is 152 Å². The van der Waals surface area contributed by atoms with Crippen molar-refractivity contribution in [3.05, 3.63) is 70.4 Å². The molecule has 0 amide bonds. The number of aromatic nitrogens is 1. The third-order valence-electron chi connectivity index (χ3n) is 4.94. The molecule has 25 heavy (non-hydrogen) atoms. The largest absolute Gasteiger partial charge is 0.312 e. The highest BCUT2D eigenvalue weighted by molar-refractivity contribution is 6.30. The first-order chi connectivity index (χ1) is 12.2. The molecule has 3 aromatic rings. The second-order valence-electron chi connectivity index (χ2n) is 6.58. The lowest BCUT2D eigenvalue weighted by molar-refractivity contribution is 0.0889. The average Bonchev–Trinajstić information content (AvgIpc) is 2.95. The van der Waals surface area contributed by atoms with Gasteiger partial charge in [-0.15, -0.1) is 0 Å². The second kappa shape index (κ2) is 7.03. The fourth-order valence-electron chi connectivity index (χ4n) is 3.75. The number of carbonyl (C=O) groups is 1. The smallest absolute Gasteiger partial charge is 0.231 e. The summed E-state index contributed by atoms with van der Waals surface area (Å²) < 4.78 is 1.95. The van der Waals surface area contributed by atoms with Crippen molar-refractivity contribution in [3.63, 3.8) is 0 Å². The standard InChI is InChI=1S/C21H21ClN2O/c22-16-10-8-15(9-11-16)14-23-13-12-18-17-4-1-2-5-19(17)24-20(18)6-3-7-21(24)25/h1-2,4-5,8-11,23H,3,6-7,12-14H2. The van der Waals surface area contributed by atoms with Gasteiger partial charge in [-0.05, 0) is 55.1 Å². The van der Waals surface area contributed by atoms with E-state index in [4.69, 9.17) is 11.6 Å². The van der Waals surface area contributed by atoms with Crippen molar-refractivity contribution in [1.29, 1.82) is 0 Å². The van der Waals surface area contributed by atoms with Crippen LogP contribution in [0.25, 0.3) is 10.9 Å². The lowest BCUT2D eigenvalue weighted by Crippen LogP contribution is -2.21. The minimum absolute atomic E-state index is 0.234. The number of carbonyl (C=O) groups excluding carboxylic acids is 1. The molecule has 4 heteroatoms. The third kappa shape index (κ3) is 3.22. The van der Waals surface area contributed by atoms with Gasteiger partial charge in [0.05, 0.1) is 5.52 Å². The summed E-state index contributed by atoms with van der Waals surface area (Å²) in [6.45, 7) is 1.71. The van der Waals surface area contributed by atoms with Crippen LogP contribution in [0.15, 0.2) is 48.5 Å². The van der Waals surface area contributed by atoms with E-state index in [1.54, 1.807) is 0 Å². The molecule has 0 spiro atoms. The first-order valence-electron chi connectivity index (χ1n) is 8.83. The molecule has 0 bridgehead atoms. The predicted octanol–water partition coefficient (Wildman–Crippen LogP) is 4.60. The van der Waals surface area contributed by atoms with Crippen LogP contribution < -0.4 is 5.32 Å². The van der Waals surface area contributed by atoms with Crippen LogP contribution >= 0.6 is 11.6 Å². The Morgan fingerprint density at radius 2 is 1.84 bits per heavy atom. The zero-order valence-electron chi connectivity index (χ0n) is 14.1. The van der Waals surface area contributed by atoms with E-state index < -0.39 is 0 Å². The number of hydrogen-bond donors (Lipinski definition) is 1. The highest BCUT2D eigenvalue weighted by atomic mass is 35.5. The SMILES string of the molecule is O=C1CCCc2c(CCNCc3ccc(Cl)cc3)c3ccccc3n21. The number of rotatable bonds is 5. The molecule has 0 aliphatic carbocycles. The van der Waals surface area contributed by atoms with Gasteiger partial charge in [0.25, 0.3) is 0 Å². The van der Waals surface area contributed by atoms with Gasteiger partial charge in [0, 0.05) is 29.1 Å². The van der Waals surface area contributed by atoms with Crippen molar-refractivity contribution in [2.75, 3.05) is 6.54 Å². The Hall–Kier alpha value is -2.10. The van der Waals surface area contributed by atoms with E-state index in [1.807, 2.05) is 34.9 Å². The van der Waals surface area contributed by atoms with Crippen LogP contribution in [0.3, 0.4) is 0 Å². The summed E-state index contributed by atoms with van der Waals surface area (Å²) >= 11 is 5.92.